The largest absolute Gasteiger partial charge is 0.744 e. The quantitative estimate of drug-likeness (QED) is 0.182. The van der Waals surface area contributed by atoms with Crippen LogP contribution in [-0.4, -0.2) is 28.8 Å². The van der Waals surface area contributed by atoms with Gasteiger partial charge in [0.15, 0.2) is 0 Å². The van der Waals surface area contributed by atoms with E-state index in [1.54, 1.807) is 43.3 Å². The van der Waals surface area contributed by atoms with E-state index in [9.17, 15) is 30.9 Å². The highest BCUT2D eigenvalue weighted by Gasteiger charge is 2.34. The Labute approximate surface area is 251 Å². The zero-order valence-electron chi connectivity index (χ0n) is 22.4. The highest BCUT2D eigenvalue weighted by molar-refractivity contribution is 7.86. The first-order valence-corrected chi connectivity index (χ1v) is 15.3. The molecule has 0 saturated carbocycles. The number of carbonyl (C=O) groups excluding carboxylic acids is 1. The first-order chi connectivity index (χ1) is 19.9. The molecule has 220 valence electrons. The van der Waals surface area contributed by atoms with Crippen LogP contribution in [0.5, 0.6) is 0 Å². The van der Waals surface area contributed by atoms with Gasteiger partial charge in [0.05, 0.1) is 36.5 Å². The van der Waals surface area contributed by atoms with Crippen LogP contribution >= 0.6 is 22.7 Å². The van der Waals surface area contributed by atoms with Crippen LogP contribution in [-0.2, 0) is 16.3 Å². The molecule has 0 aliphatic carbocycles. The van der Waals surface area contributed by atoms with Gasteiger partial charge in [0.1, 0.15) is 20.1 Å². The lowest BCUT2D eigenvalue weighted by atomic mass is 10.1. The van der Waals surface area contributed by atoms with Gasteiger partial charge >= 0.3 is 6.18 Å². The highest BCUT2D eigenvalue weighted by Crippen LogP contribution is 2.39. The lowest BCUT2D eigenvalue weighted by molar-refractivity contribution is -0.137. The van der Waals surface area contributed by atoms with Gasteiger partial charge in [0.2, 0.25) is 0 Å². The predicted molar refractivity (Wildman–Crippen MR) is 162 cm³/mol. The third-order valence-corrected chi connectivity index (χ3v) is 9.82. The average Bonchev–Trinajstić information content (AvgIpc) is 3.56. The number of alkyl halides is 3. The molecule has 5 N–H and O–H groups in total. The number of hydrogen-bond donors (Lipinski definition) is 2. The SMILES string of the molecule is Cc1ccc2nc(-c3ccc4nc(-c5ccc(NC(=O)c6ccccc6C(F)(F)F)cc5)sc4c3)sc2c1S(=O)(=O)[O-].[NH4+]. The fraction of sp³-hybridized carbons (Fsp3) is 0.0690. The molecule has 0 atom stereocenters. The molecule has 2 aromatic heterocycles. The van der Waals surface area contributed by atoms with E-state index < -0.39 is 33.3 Å². The van der Waals surface area contributed by atoms with Gasteiger partial charge in [0, 0.05) is 16.8 Å². The number of thiazole rings is 2. The molecule has 0 spiro atoms. The Bertz CT molecular complexity index is 2120. The molecule has 1 amide bonds. The number of halogens is 3. The number of benzene rings is 4. The van der Waals surface area contributed by atoms with Crippen molar-refractivity contribution in [2.24, 2.45) is 0 Å². The number of hydrogen-bond acceptors (Lipinski definition) is 8. The molecule has 0 fully saturated rings. The third-order valence-electron chi connectivity index (χ3n) is 6.46. The van der Waals surface area contributed by atoms with Gasteiger partial charge in [-0.25, -0.2) is 18.4 Å². The summed E-state index contributed by atoms with van der Waals surface area (Å²) in [4.78, 5) is 21.5. The minimum Gasteiger partial charge on any atom is -0.744 e. The predicted octanol–water partition coefficient (Wildman–Crippen LogP) is 8.10. The van der Waals surface area contributed by atoms with E-state index in [0.717, 1.165) is 44.8 Å². The average molecular weight is 643 g/mol. The molecular weight excluding hydrogens is 622 g/mol. The van der Waals surface area contributed by atoms with E-state index in [1.165, 1.54) is 23.5 Å². The van der Waals surface area contributed by atoms with Crippen molar-refractivity contribution >= 4 is 64.8 Å². The van der Waals surface area contributed by atoms with Crippen LogP contribution in [0.4, 0.5) is 18.9 Å². The summed E-state index contributed by atoms with van der Waals surface area (Å²) >= 11 is 2.54. The Morgan fingerprint density at radius 1 is 0.860 bits per heavy atom. The molecule has 8 nitrogen and oxygen atoms in total. The van der Waals surface area contributed by atoms with E-state index in [0.29, 0.717) is 31.5 Å². The summed E-state index contributed by atoms with van der Waals surface area (Å²) in [6, 6.07) is 20.0. The zero-order chi connectivity index (χ0) is 29.8. The molecule has 4 aromatic carbocycles. The van der Waals surface area contributed by atoms with Crippen LogP contribution in [0.3, 0.4) is 0 Å². The van der Waals surface area contributed by atoms with Crippen LogP contribution in [0.1, 0.15) is 21.5 Å². The van der Waals surface area contributed by atoms with Gasteiger partial charge in [-0.1, -0.05) is 18.2 Å². The zero-order valence-corrected chi connectivity index (χ0v) is 24.8. The molecule has 43 heavy (non-hydrogen) atoms. The fourth-order valence-electron chi connectivity index (χ4n) is 4.50. The van der Waals surface area contributed by atoms with Crippen molar-refractivity contribution in [3.63, 3.8) is 0 Å². The van der Waals surface area contributed by atoms with Gasteiger partial charge in [0.25, 0.3) is 5.91 Å². The Balaban J connectivity index is 0.00000368. The number of aryl methyl sites for hydroxylation is 1. The van der Waals surface area contributed by atoms with Crippen LogP contribution in [0.15, 0.2) is 83.8 Å². The standard InChI is InChI=1S/C29H18F3N3O4S3.H3N/c1-15-6-12-22-24(25(15)42(37,38)39)41-28(35-22)17-9-13-21-23(14-17)40-27(34-21)16-7-10-18(11-8-16)33-26(36)19-4-2-3-5-20(19)29(30,31)32;/h2-14H,1H3,(H,33,36)(H,37,38,39);1H3. The van der Waals surface area contributed by atoms with E-state index in [1.807, 2.05) is 18.2 Å². The van der Waals surface area contributed by atoms with Crippen LogP contribution in [0.2, 0.25) is 0 Å². The maximum Gasteiger partial charge on any atom is 0.417 e. The number of quaternary nitrogens is 1. The smallest absolute Gasteiger partial charge is 0.417 e. The van der Waals surface area contributed by atoms with Crippen molar-refractivity contribution in [1.82, 2.24) is 16.1 Å². The second-order valence-electron chi connectivity index (χ2n) is 9.31. The van der Waals surface area contributed by atoms with Crippen LogP contribution in [0.25, 0.3) is 41.6 Å². The van der Waals surface area contributed by atoms with Gasteiger partial charge in [-0.2, -0.15) is 13.2 Å². The van der Waals surface area contributed by atoms with Gasteiger partial charge in [-0.05, 0) is 73.2 Å². The molecule has 0 bridgehead atoms. The van der Waals surface area contributed by atoms with Gasteiger partial charge < -0.3 is 16.0 Å². The second kappa shape index (κ2) is 11.1. The number of rotatable bonds is 5. The van der Waals surface area contributed by atoms with E-state index in [2.05, 4.69) is 15.3 Å². The monoisotopic (exact) mass is 642 g/mol. The number of anilines is 1. The topological polar surface area (TPSA) is 149 Å². The summed E-state index contributed by atoms with van der Waals surface area (Å²) in [7, 11) is -4.68. The first-order valence-electron chi connectivity index (χ1n) is 12.2. The Kier molecular flexibility index (Phi) is 7.83. The first kappa shape index (κ1) is 30.3. The number of fused-ring (bicyclic) bond motifs is 2. The highest BCUT2D eigenvalue weighted by atomic mass is 32.2. The summed E-state index contributed by atoms with van der Waals surface area (Å²) in [6.07, 6.45) is -4.66. The van der Waals surface area contributed by atoms with Crippen molar-refractivity contribution in [2.45, 2.75) is 18.0 Å². The minimum atomic E-state index is -4.68. The molecule has 0 saturated heterocycles. The molecule has 14 heteroatoms. The van der Waals surface area contributed by atoms with Crippen LogP contribution in [0, 0.1) is 6.92 Å². The van der Waals surface area contributed by atoms with Crippen molar-refractivity contribution in [3.8, 4) is 21.1 Å². The minimum absolute atomic E-state index is 0. The number of amides is 1. The summed E-state index contributed by atoms with van der Waals surface area (Å²) in [5.41, 5.74) is 1.85. The van der Waals surface area contributed by atoms with Crippen molar-refractivity contribution in [2.75, 3.05) is 5.32 Å². The van der Waals surface area contributed by atoms with Gasteiger partial charge in [-0.3, -0.25) is 4.79 Å². The van der Waals surface area contributed by atoms with E-state index in [4.69, 9.17) is 0 Å². The number of aromatic nitrogens is 2. The third kappa shape index (κ3) is 5.87. The van der Waals surface area contributed by atoms with E-state index in [-0.39, 0.29) is 11.0 Å². The summed E-state index contributed by atoms with van der Waals surface area (Å²) in [6.45, 7) is 1.57. The molecule has 0 radical (unpaired) electrons. The summed E-state index contributed by atoms with van der Waals surface area (Å²) < 4.78 is 76.7. The fourth-order valence-corrected chi connectivity index (χ4v) is 7.79. The molecule has 0 aliphatic rings. The van der Waals surface area contributed by atoms with E-state index >= 15 is 0 Å². The van der Waals surface area contributed by atoms with Crippen molar-refractivity contribution in [3.05, 3.63) is 95.6 Å². The number of nitrogens with zero attached hydrogens (tertiary/aromatic N) is 2. The van der Waals surface area contributed by atoms with Crippen molar-refractivity contribution in [1.29, 1.82) is 0 Å². The van der Waals surface area contributed by atoms with Crippen LogP contribution < -0.4 is 11.5 Å². The van der Waals surface area contributed by atoms with Gasteiger partial charge in [-0.15, -0.1) is 22.7 Å². The molecule has 0 unspecified atom stereocenters. The maximum atomic E-state index is 13.3. The molecular formula is C29H21F3N4O4S3. The lowest BCUT2D eigenvalue weighted by Gasteiger charge is -2.12. The molecule has 6 aromatic rings. The molecule has 2 heterocycles. The normalized spacial score (nSPS) is 11.9. The van der Waals surface area contributed by atoms with Crippen molar-refractivity contribution < 1.29 is 30.9 Å². The Hall–Kier alpha value is -4.21. The number of nitrogens with one attached hydrogen (secondary N) is 1. The molecule has 0 aliphatic heterocycles. The Morgan fingerprint density at radius 2 is 1.49 bits per heavy atom. The lowest BCUT2D eigenvalue weighted by Crippen LogP contribution is -2.18. The Morgan fingerprint density at radius 3 is 2.19 bits per heavy atom. The second-order valence-corrected chi connectivity index (χ2v) is 12.7. The molecule has 6 rings (SSSR count). The maximum absolute atomic E-state index is 13.3. The number of carbonyl (C=O) groups is 1. The summed E-state index contributed by atoms with van der Waals surface area (Å²) in [5.74, 6) is -0.867. The summed E-state index contributed by atoms with van der Waals surface area (Å²) in [5, 5.41) is 3.75.